The summed E-state index contributed by atoms with van der Waals surface area (Å²) in [6, 6.07) is 3.35. The molecule has 132 valence electrons. The van der Waals surface area contributed by atoms with Crippen molar-refractivity contribution in [1.29, 1.82) is 0 Å². The van der Waals surface area contributed by atoms with Crippen LogP contribution < -0.4 is 11.1 Å². The average Bonchev–Trinajstić information content (AvgIpc) is 2.41. The molecule has 1 unspecified atom stereocenters. The normalized spacial score (nSPS) is 13.1. The van der Waals surface area contributed by atoms with Crippen molar-refractivity contribution in [3.05, 3.63) is 35.4 Å². The quantitative estimate of drug-likeness (QED) is 0.389. The number of guanidine groups is 1. The molecule has 0 aliphatic rings. The second-order valence-electron chi connectivity index (χ2n) is 5.95. The first-order chi connectivity index (χ1) is 10.3. The second-order valence-corrected chi connectivity index (χ2v) is 5.95. The molecule has 1 rings (SSSR count). The van der Waals surface area contributed by atoms with Gasteiger partial charge in [0.2, 0.25) is 0 Å². The fraction of sp³-hybridized carbons (Fsp3) is 0.562. The average molecular weight is 440 g/mol. The summed E-state index contributed by atoms with van der Waals surface area (Å²) in [5.74, 6) is -0.271. The highest BCUT2D eigenvalue weighted by Gasteiger charge is 2.21. The first-order valence-corrected chi connectivity index (χ1v) is 7.47. The third kappa shape index (κ3) is 7.43. The maximum atomic E-state index is 13.9. The third-order valence-electron chi connectivity index (χ3n) is 3.42. The van der Waals surface area contributed by atoms with Crippen LogP contribution in [0.4, 0.5) is 8.78 Å². The predicted molar refractivity (Wildman–Crippen MR) is 102 cm³/mol. The van der Waals surface area contributed by atoms with Crippen molar-refractivity contribution in [2.24, 2.45) is 16.6 Å². The highest BCUT2D eigenvalue weighted by molar-refractivity contribution is 14.0. The molecule has 0 aromatic heterocycles. The molecule has 23 heavy (non-hydrogen) atoms. The number of nitrogens with two attached hydrogens (primary N) is 1. The summed E-state index contributed by atoms with van der Waals surface area (Å²) in [6.07, 6.45) is 0.981. The molecule has 0 amide bonds. The molecule has 0 saturated heterocycles. The Balaban J connectivity index is 0.00000484. The zero-order chi connectivity index (χ0) is 16.7. The minimum atomic E-state index is -0.569. The van der Waals surface area contributed by atoms with Crippen LogP contribution in [0.3, 0.4) is 0 Å². The summed E-state index contributed by atoms with van der Waals surface area (Å²) >= 11 is 0. The summed E-state index contributed by atoms with van der Waals surface area (Å²) in [4.78, 5) is 5.94. The van der Waals surface area contributed by atoms with Crippen LogP contribution in [-0.2, 0) is 0 Å². The number of hydrogen-bond donors (Lipinski definition) is 2. The van der Waals surface area contributed by atoms with Gasteiger partial charge in [-0.15, -0.1) is 24.0 Å². The van der Waals surface area contributed by atoms with Crippen molar-refractivity contribution in [1.82, 2.24) is 10.2 Å². The Bertz CT molecular complexity index is 487. The summed E-state index contributed by atoms with van der Waals surface area (Å²) in [7, 11) is 3.52. The maximum Gasteiger partial charge on any atom is 0.188 e. The van der Waals surface area contributed by atoms with E-state index in [9.17, 15) is 8.78 Å². The molecule has 1 aromatic carbocycles. The van der Waals surface area contributed by atoms with Gasteiger partial charge in [0.05, 0.1) is 12.6 Å². The molecule has 0 aliphatic heterocycles. The van der Waals surface area contributed by atoms with E-state index in [4.69, 9.17) is 5.73 Å². The van der Waals surface area contributed by atoms with Gasteiger partial charge in [-0.2, -0.15) is 0 Å². The molecule has 0 aliphatic carbocycles. The zero-order valence-electron chi connectivity index (χ0n) is 14.1. The van der Waals surface area contributed by atoms with Crippen molar-refractivity contribution in [2.45, 2.75) is 26.3 Å². The molecule has 0 saturated carbocycles. The Kier molecular flexibility index (Phi) is 10.3. The van der Waals surface area contributed by atoms with Crippen molar-refractivity contribution in [3.63, 3.8) is 0 Å². The van der Waals surface area contributed by atoms with Crippen LogP contribution in [-0.4, -0.2) is 38.0 Å². The molecule has 1 atom stereocenters. The van der Waals surface area contributed by atoms with Crippen LogP contribution >= 0.6 is 24.0 Å². The monoisotopic (exact) mass is 440 g/mol. The lowest BCUT2D eigenvalue weighted by atomic mass is 10.0. The van der Waals surface area contributed by atoms with Gasteiger partial charge >= 0.3 is 0 Å². The van der Waals surface area contributed by atoms with E-state index in [2.05, 4.69) is 24.2 Å². The lowest BCUT2D eigenvalue weighted by Crippen LogP contribution is -2.34. The van der Waals surface area contributed by atoms with Crippen LogP contribution in [0.25, 0.3) is 0 Å². The van der Waals surface area contributed by atoms with E-state index in [1.54, 1.807) is 19.0 Å². The van der Waals surface area contributed by atoms with Crippen molar-refractivity contribution >= 4 is 29.9 Å². The van der Waals surface area contributed by atoms with Crippen molar-refractivity contribution in [3.8, 4) is 0 Å². The van der Waals surface area contributed by atoms with E-state index in [0.717, 1.165) is 13.0 Å². The van der Waals surface area contributed by atoms with Gasteiger partial charge in [0.1, 0.15) is 11.6 Å². The van der Waals surface area contributed by atoms with Gasteiger partial charge < -0.3 is 16.0 Å². The highest BCUT2D eigenvalue weighted by Crippen LogP contribution is 2.24. The number of rotatable bonds is 7. The fourth-order valence-corrected chi connectivity index (χ4v) is 2.07. The van der Waals surface area contributed by atoms with Gasteiger partial charge in [-0.1, -0.05) is 19.9 Å². The minimum absolute atomic E-state index is 0. The van der Waals surface area contributed by atoms with Gasteiger partial charge in [-0.25, -0.2) is 8.78 Å². The van der Waals surface area contributed by atoms with E-state index in [0.29, 0.717) is 11.9 Å². The molecular formula is C16H27F2IN4. The van der Waals surface area contributed by atoms with Crippen LogP contribution in [0.1, 0.15) is 31.9 Å². The van der Waals surface area contributed by atoms with E-state index in [1.165, 1.54) is 18.2 Å². The Morgan fingerprint density at radius 1 is 1.26 bits per heavy atom. The smallest absolute Gasteiger partial charge is 0.188 e. The molecule has 0 radical (unpaired) electrons. The van der Waals surface area contributed by atoms with Crippen LogP contribution in [0.15, 0.2) is 23.2 Å². The van der Waals surface area contributed by atoms with Crippen LogP contribution in [0.2, 0.25) is 0 Å². The minimum Gasteiger partial charge on any atom is -0.370 e. The van der Waals surface area contributed by atoms with E-state index in [-0.39, 0.29) is 36.1 Å². The number of benzene rings is 1. The number of hydrogen-bond acceptors (Lipinski definition) is 2. The zero-order valence-corrected chi connectivity index (χ0v) is 16.5. The Morgan fingerprint density at radius 2 is 1.83 bits per heavy atom. The van der Waals surface area contributed by atoms with Crippen molar-refractivity contribution in [2.75, 3.05) is 27.2 Å². The predicted octanol–water partition coefficient (Wildman–Crippen LogP) is 3.14. The summed E-state index contributed by atoms with van der Waals surface area (Å²) in [5.41, 5.74) is 5.82. The number of nitrogens with zero attached hydrogens (tertiary/aromatic N) is 2. The Labute approximate surface area is 154 Å². The lowest BCUT2D eigenvalue weighted by Gasteiger charge is -2.24. The summed E-state index contributed by atoms with van der Waals surface area (Å²) in [5, 5.41) is 3.01. The SMILES string of the molecule is CC(C)CCNC(N)=NCC(c1c(F)cccc1F)N(C)C.I. The van der Waals surface area contributed by atoms with Gasteiger partial charge in [0.25, 0.3) is 0 Å². The topological polar surface area (TPSA) is 53.6 Å². The van der Waals surface area contributed by atoms with Crippen LogP contribution in [0, 0.1) is 17.6 Å². The molecule has 1 aromatic rings. The standard InChI is InChI=1S/C16H26F2N4.HI/c1-11(2)8-9-20-16(19)21-10-14(22(3)4)15-12(17)6-5-7-13(15)18;/h5-7,11,14H,8-10H2,1-4H3,(H3,19,20,21);1H. The summed E-state index contributed by atoms with van der Waals surface area (Å²) < 4.78 is 27.8. The molecule has 0 fully saturated rings. The van der Waals surface area contributed by atoms with Gasteiger partial charge in [-0.3, -0.25) is 4.99 Å². The number of nitrogens with one attached hydrogen (secondary N) is 1. The highest BCUT2D eigenvalue weighted by atomic mass is 127. The largest absolute Gasteiger partial charge is 0.370 e. The fourth-order valence-electron chi connectivity index (χ4n) is 2.07. The number of likely N-dealkylation sites (N-methyl/N-ethyl adjacent to an activating group) is 1. The van der Waals surface area contributed by atoms with E-state index in [1.807, 2.05) is 0 Å². The molecular weight excluding hydrogens is 413 g/mol. The Morgan fingerprint density at radius 3 is 2.30 bits per heavy atom. The van der Waals surface area contributed by atoms with E-state index < -0.39 is 17.7 Å². The van der Waals surface area contributed by atoms with E-state index >= 15 is 0 Å². The van der Waals surface area contributed by atoms with Gasteiger partial charge in [0, 0.05) is 12.1 Å². The Hall–Kier alpha value is -0.960. The molecule has 4 nitrogen and oxygen atoms in total. The van der Waals surface area contributed by atoms with Gasteiger partial charge in [0.15, 0.2) is 5.96 Å². The first kappa shape index (κ1) is 22.0. The molecule has 0 heterocycles. The molecule has 0 spiro atoms. The second kappa shape index (κ2) is 10.7. The number of halogens is 3. The number of aliphatic imine (C=N–C) groups is 1. The molecule has 3 N–H and O–H groups in total. The van der Waals surface area contributed by atoms with Crippen LogP contribution in [0.5, 0.6) is 0 Å². The summed E-state index contributed by atoms with van der Waals surface area (Å²) in [6.45, 7) is 5.16. The molecule has 0 bridgehead atoms. The first-order valence-electron chi connectivity index (χ1n) is 7.47. The molecule has 7 heteroatoms. The van der Waals surface area contributed by atoms with Crippen molar-refractivity contribution < 1.29 is 8.78 Å². The third-order valence-corrected chi connectivity index (χ3v) is 3.42. The lowest BCUT2D eigenvalue weighted by molar-refractivity contribution is 0.290. The van der Waals surface area contributed by atoms with Gasteiger partial charge in [-0.05, 0) is 38.6 Å². The maximum absolute atomic E-state index is 13.9.